The summed E-state index contributed by atoms with van der Waals surface area (Å²) in [7, 11) is 0. The third kappa shape index (κ3) is 4.38. The maximum absolute atomic E-state index is 12.7. The molecule has 2 aromatic carbocycles. The van der Waals surface area contributed by atoms with Gasteiger partial charge in [0, 0.05) is 13.1 Å². The third-order valence-corrected chi connectivity index (χ3v) is 5.06. The van der Waals surface area contributed by atoms with Crippen molar-refractivity contribution in [3.8, 4) is 0 Å². The molecule has 0 saturated carbocycles. The van der Waals surface area contributed by atoms with Gasteiger partial charge in [0.05, 0.1) is 5.56 Å². The van der Waals surface area contributed by atoms with E-state index in [9.17, 15) is 9.59 Å². The van der Waals surface area contributed by atoms with Crippen molar-refractivity contribution < 1.29 is 14.3 Å². The van der Waals surface area contributed by atoms with Crippen molar-refractivity contribution in [2.45, 2.75) is 52.2 Å². The van der Waals surface area contributed by atoms with Crippen LogP contribution >= 0.6 is 0 Å². The fourth-order valence-electron chi connectivity index (χ4n) is 3.33. The van der Waals surface area contributed by atoms with E-state index in [0.29, 0.717) is 18.7 Å². The molecule has 0 radical (unpaired) electrons. The number of benzene rings is 2. The number of amides is 1. The summed E-state index contributed by atoms with van der Waals surface area (Å²) < 4.78 is 5.43. The Morgan fingerprint density at radius 2 is 1.63 bits per heavy atom. The Hall–Kier alpha value is -2.62. The summed E-state index contributed by atoms with van der Waals surface area (Å²) in [4.78, 5) is 26.9. The van der Waals surface area contributed by atoms with Crippen LogP contribution in [0, 0.1) is 0 Å². The van der Waals surface area contributed by atoms with E-state index in [1.807, 2.05) is 30.3 Å². The molecule has 0 spiro atoms. The van der Waals surface area contributed by atoms with Gasteiger partial charge in [-0.05, 0) is 47.6 Å². The van der Waals surface area contributed by atoms with Crippen molar-refractivity contribution >= 4 is 11.9 Å². The SMILES string of the molecule is C[C@@H](OC(=O)c1ccc(C(C)(C)C)cc1)C(=O)N1CCc2ccccc2C1. The Balaban J connectivity index is 1.62. The molecule has 4 heteroatoms. The summed E-state index contributed by atoms with van der Waals surface area (Å²) >= 11 is 0. The van der Waals surface area contributed by atoms with Gasteiger partial charge >= 0.3 is 5.97 Å². The Morgan fingerprint density at radius 1 is 1.00 bits per heavy atom. The van der Waals surface area contributed by atoms with E-state index in [-0.39, 0.29) is 11.3 Å². The van der Waals surface area contributed by atoms with Crippen molar-refractivity contribution in [2.24, 2.45) is 0 Å². The van der Waals surface area contributed by atoms with Crippen LogP contribution in [0.25, 0.3) is 0 Å². The van der Waals surface area contributed by atoms with Crippen LogP contribution in [-0.2, 0) is 27.9 Å². The Kier molecular flexibility index (Phi) is 5.36. The molecular formula is C23H27NO3. The predicted octanol–water partition coefficient (Wildman–Crippen LogP) is 4.11. The van der Waals surface area contributed by atoms with Crippen LogP contribution in [0.1, 0.15) is 54.7 Å². The van der Waals surface area contributed by atoms with Gasteiger partial charge in [-0.25, -0.2) is 4.79 Å². The van der Waals surface area contributed by atoms with E-state index in [4.69, 9.17) is 4.74 Å². The van der Waals surface area contributed by atoms with Crippen LogP contribution in [0.4, 0.5) is 0 Å². The van der Waals surface area contributed by atoms with Crippen molar-refractivity contribution in [3.05, 3.63) is 70.8 Å². The quantitative estimate of drug-likeness (QED) is 0.769. The average molecular weight is 365 g/mol. The first-order valence-electron chi connectivity index (χ1n) is 9.43. The molecule has 0 unspecified atom stereocenters. The van der Waals surface area contributed by atoms with Gasteiger partial charge in [-0.2, -0.15) is 0 Å². The van der Waals surface area contributed by atoms with E-state index in [0.717, 1.165) is 17.5 Å². The molecule has 27 heavy (non-hydrogen) atoms. The number of hydrogen-bond acceptors (Lipinski definition) is 3. The standard InChI is InChI=1S/C23H27NO3/c1-16(21(25)24-14-13-17-7-5-6-8-19(17)15-24)27-22(26)18-9-11-20(12-10-18)23(2,3)4/h5-12,16H,13-15H2,1-4H3/t16-/m1/s1. The normalized spacial score (nSPS) is 15.0. The molecule has 0 aromatic heterocycles. The van der Waals surface area contributed by atoms with Crippen molar-refractivity contribution in [3.63, 3.8) is 0 Å². The molecule has 0 N–H and O–H groups in total. The minimum atomic E-state index is -0.801. The Bertz CT molecular complexity index is 833. The summed E-state index contributed by atoms with van der Waals surface area (Å²) in [5, 5.41) is 0. The molecule has 1 atom stereocenters. The van der Waals surface area contributed by atoms with Crippen LogP contribution in [0.15, 0.2) is 48.5 Å². The van der Waals surface area contributed by atoms with Crippen LogP contribution < -0.4 is 0 Å². The van der Waals surface area contributed by atoms with Crippen LogP contribution in [0.2, 0.25) is 0 Å². The molecule has 0 bridgehead atoms. The maximum Gasteiger partial charge on any atom is 0.338 e. The fourth-order valence-corrected chi connectivity index (χ4v) is 3.33. The molecule has 4 nitrogen and oxygen atoms in total. The highest BCUT2D eigenvalue weighted by Crippen LogP contribution is 2.23. The van der Waals surface area contributed by atoms with E-state index in [1.165, 1.54) is 5.56 Å². The molecule has 1 heterocycles. The summed E-state index contributed by atoms with van der Waals surface area (Å²) in [6.45, 7) is 9.23. The van der Waals surface area contributed by atoms with Crippen molar-refractivity contribution in [1.82, 2.24) is 4.90 Å². The largest absolute Gasteiger partial charge is 0.449 e. The monoisotopic (exact) mass is 365 g/mol. The second-order valence-electron chi connectivity index (χ2n) is 8.15. The van der Waals surface area contributed by atoms with E-state index in [2.05, 4.69) is 26.8 Å². The molecule has 2 aromatic rings. The first-order valence-corrected chi connectivity index (χ1v) is 9.43. The van der Waals surface area contributed by atoms with Gasteiger partial charge in [0.1, 0.15) is 0 Å². The third-order valence-electron chi connectivity index (χ3n) is 5.06. The summed E-state index contributed by atoms with van der Waals surface area (Å²) in [6.07, 6.45) is 0.0293. The fraction of sp³-hybridized carbons (Fsp3) is 0.391. The first-order chi connectivity index (χ1) is 12.8. The van der Waals surface area contributed by atoms with Gasteiger partial charge < -0.3 is 9.64 Å². The zero-order valence-corrected chi connectivity index (χ0v) is 16.5. The summed E-state index contributed by atoms with van der Waals surface area (Å²) in [6, 6.07) is 15.5. The summed E-state index contributed by atoms with van der Waals surface area (Å²) in [5.41, 5.74) is 4.08. The second kappa shape index (κ2) is 7.55. The minimum Gasteiger partial charge on any atom is -0.449 e. The molecule has 1 aliphatic rings. The van der Waals surface area contributed by atoms with Crippen molar-refractivity contribution in [2.75, 3.05) is 6.54 Å². The second-order valence-corrected chi connectivity index (χ2v) is 8.15. The van der Waals surface area contributed by atoms with Gasteiger partial charge in [-0.15, -0.1) is 0 Å². The lowest BCUT2D eigenvalue weighted by molar-refractivity contribution is -0.140. The molecule has 1 aliphatic heterocycles. The van der Waals surface area contributed by atoms with Gasteiger partial charge in [0.15, 0.2) is 6.10 Å². The van der Waals surface area contributed by atoms with Gasteiger partial charge in [0.2, 0.25) is 0 Å². The van der Waals surface area contributed by atoms with E-state index >= 15 is 0 Å². The zero-order chi connectivity index (χ0) is 19.6. The van der Waals surface area contributed by atoms with E-state index in [1.54, 1.807) is 24.0 Å². The van der Waals surface area contributed by atoms with Gasteiger partial charge in [-0.3, -0.25) is 4.79 Å². The van der Waals surface area contributed by atoms with Crippen molar-refractivity contribution in [1.29, 1.82) is 0 Å². The molecule has 142 valence electrons. The minimum absolute atomic E-state index is 0.0241. The molecule has 0 saturated heterocycles. The van der Waals surface area contributed by atoms with Gasteiger partial charge in [0.25, 0.3) is 5.91 Å². The topological polar surface area (TPSA) is 46.6 Å². The molecule has 3 rings (SSSR count). The van der Waals surface area contributed by atoms with Crippen LogP contribution in [-0.4, -0.2) is 29.4 Å². The lowest BCUT2D eigenvalue weighted by Gasteiger charge is -2.30. The van der Waals surface area contributed by atoms with Gasteiger partial charge in [-0.1, -0.05) is 57.2 Å². The first kappa shape index (κ1) is 19.2. The number of carbonyl (C=O) groups excluding carboxylic acids is 2. The molecule has 1 amide bonds. The lowest BCUT2D eigenvalue weighted by atomic mass is 9.87. The number of hydrogen-bond donors (Lipinski definition) is 0. The zero-order valence-electron chi connectivity index (χ0n) is 16.5. The molecule has 0 fully saturated rings. The van der Waals surface area contributed by atoms with E-state index < -0.39 is 12.1 Å². The number of rotatable bonds is 3. The number of nitrogens with zero attached hydrogens (tertiary/aromatic N) is 1. The highest BCUT2D eigenvalue weighted by molar-refractivity contribution is 5.92. The number of fused-ring (bicyclic) bond motifs is 1. The van der Waals surface area contributed by atoms with Crippen LogP contribution in [0.5, 0.6) is 0 Å². The molecule has 0 aliphatic carbocycles. The average Bonchev–Trinajstić information content (AvgIpc) is 2.66. The smallest absolute Gasteiger partial charge is 0.338 e. The predicted molar refractivity (Wildman–Crippen MR) is 106 cm³/mol. The number of carbonyl (C=O) groups is 2. The highest BCUT2D eigenvalue weighted by Gasteiger charge is 2.27. The number of ether oxygens (including phenoxy) is 1. The summed E-state index contributed by atoms with van der Waals surface area (Å²) in [5.74, 6) is -0.613. The molecular weight excluding hydrogens is 338 g/mol. The lowest BCUT2D eigenvalue weighted by Crippen LogP contribution is -2.42. The Morgan fingerprint density at radius 3 is 2.26 bits per heavy atom. The number of esters is 1. The Labute approximate surface area is 161 Å². The van der Waals surface area contributed by atoms with Crippen LogP contribution in [0.3, 0.4) is 0 Å². The highest BCUT2D eigenvalue weighted by atomic mass is 16.5. The maximum atomic E-state index is 12.7.